The van der Waals surface area contributed by atoms with Crippen molar-refractivity contribution in [2.24, 2.45) is 0 Å². The predicted molar refractivity (Wildman–Crippen MR) is 96.2 cm³/mol. The van der Waals surface area contributed by atoms with Crippen LogP contribution in [0.5, 0.6) is 5.75 Å². The first-order chi connectivity index (χ1) is 11.7. The lowest BCUT2D eigenvalue weighted by Gasteiger charge is -2.34. The third kappa shape index (κ3) is 4.93. The number of hydrogen-bond acceptors (Lipinski definition) is 5. The summed E-state index contributed by atoms with van der Waals surface area (Å²) in [5.74, 6) is 0.461. The quantitative estimate of drug-likeness (QED) is 0.804. The number of hydrogen-bond donors (Lipinski definition) is 1. The first-order valence-corrected chi connectivity index (χ1v) is 9.96. The van der Waals surface area contributed by atoms with Crippen LogP contribution in [0.1, 0.15) is 19.4 Å². The summed E-state index contributed by atoms with van der Waals surface area (Å²) in [5.41, 5.74) is 0.739. The Bertz CT molecular complexity index is 713. The number of sulfonamides is 1. The summed E-state index contributed by atoms with van der Waals surface area (Å²) >= 11 is 0. The van der Waals surface area contributed by atoms with Crippen molar-refractivity contribution in [3.8, 4) is 5.75 Å². The van der Waals surface area contributed by atoms with Gasteiger partial charge in [-0.25, -0.2) is 8.42 Å². The number of aryl methyl sites for hydroxylation is 1. The fraction of sp³-hybridized carbons (Fsp3) is 0.588. The fourth-order valence-electron chi connectivity index (χ4n) is 2.76. The molecule has 1 N–H and O–H groups in total. The van der Waals surface area contributed by atoms with Gasteiger partial charge in [0.1, 0.15) is 5.75 Å². The first kappa shape index (κ1) is 19.7. The molecule has 1 amide bonds. The molecule has 1 aromatic carbocycles. The van der Waals surface area contributed by atoms with Gasteiger partial charge in [0.05, 0.1) is 17.5 Å². The second-order valence-electron chi connectivity index (χ2n) is 6.33. The zero-order valence-corrected chi connectivity index (χ0v) is 16.1. The van der Waals surface area contributed by atoms with Crippen molar-refractivity contribution in [3.05, 3.63) is 23.8 Å². The van der Waals surface area contributed by atoms with Crippen LogP contribution < -0.4 is 9.46 Å². The Balaban J connectivity index is 2.07. The molecule has 0 spiro atoms. The molecule has 140 valence electrons. The lowest BCUT2D eigenvalue weighted by Crippen LogP contribution is -2.53. The Hall–Kier alpha value is -1.64. The van der Waals surface area contributed by atoms with Gasteiger partial charge >= 0.3 is 0 Å². The normalized spacial score (nSPS) is 17.4. The second kappa shape index (κ2) is 8.16. The van der Waals surface area contributed by atoms with Gasteiger partial charge in [0.15, 0.2) is 0 Å². The van der Waals surface area contributed by atoms with E-state index in [4.69, 9.17) is 4.74 Å². The molecule has 1 saturated heterocycles. The molecule has 8 heteroatoms. The summed E-state index contributed by atoms with van der Waals surface area (Å²) in [5, 5.41) is 0. The van der Waals surface area contributed by atoms with Gasteiger partial charge < -0.3 is 14.5 Å². The highest BCUT2D eigenvalue weighted by Crippen LogP contribution is 2.22. The molecular weight excluding hydrogens is 342 g/mol. The minimum Gasteiger partial charge on any atom is -0.494 e. The maximum atomic E-state index is 12.6. The van der Waals surface area contributed by atoms with E-state index in [2.05, 4.69) is 9.62 Å². The average Bonchev–Trinajstić information content (AvgIpc) is 2.56. The van der Waals surface area contributed by atoms with Crippen LogP contribution in [0.3, 0.4) is 0 Å². The molecule has 0 aromatic heterocycles. The Morgan fingerprint density at radius 2 is 1.92 bits per heavy atom. The van der Waals surface area contributed by atoms with Gasteiger partial charge in [-0.2, -0.15) is 4.72 Å². The van der Waals surface area contributed by atoms with E-state index in [0.717, 1.165) is 18.7 Å². The van der Waals surface area contributed by atoms with Crippen molar-refractivity contribution in [2.75, 3.05) is 39.8 Å². The van der Waals surface area contributed by atoms with Crippen LogP contribution in [0.25, 0.3) is 0 Å². The van der Waals surface area contributed by atoms with Crippen molar-refractivity contribution in [1.82, 2.24) is 14.5 Å². The number of nitrogens with zero attached hydrogens (tertiary/aromatic N) is 2. The SMILES string of the molecule is CCOc1ccc(S(=O)(=O)N[C@H](C)C(=O)N2CCN(C)CC2)cc1C. The average molecular weight is 369 g/mol. The summed E-state index contributed by atoms with van der Waals surface area (Å²) in [7, 11) is -1.77. The molecule has 0 aliphatic carbocycles. The van der Waals surface area contributed by atoms with Crippen LogP contribution >= 0.6 is 0 Å². The Morgan fingerprint density at radius 3 is 2.48 bits per heavy atom. The minimum atomic E-state index is -3.77. The number of benzene rings is 1. The summed E-state index contributed by atoms with van der Waals surface area (Å²) in [6.45, 7) is 8.58. The third-order valence-electron chi connectivity index (χ3n) is 4.27. The number of piperazine rings is 1. The molecule has 7 nitrogen and oxygen atoms in total. The molecule has 1 aliphatic rings. The number of rotatable bonds is 6. The molecule has 1 fully saturated rings. The Morgan fingerprint density at radius 1 is 1.28 bits per heavy atom. The van der Waals surface area contributed by atoms with Gasteiger partial charge in [0.2, 0.25) is 15.9 Å². The van der Waals surface area contributed by atoms with Gasteiger partial charge in [-0.3, -0.25) is 4.79 Å². The first-order valence-electron chi connectivity index (χ1n) is 8.47. The third-order valence-corrected chi connectivity index (χ3v) is 5.81. The molecular formula is C17H27N3O4S. The van der Waals surface area contributed by atoms with Gasteiger partial charge in [-0.15, -0.1) is 0 Å². The van der Waals surface area contributed by atoms with Crippen molar-refractivity contribution >= 4 is 15.9 Å². The van der Waals surface area contributed by atoms with Crippen LogP contribution in [0.4, 0.5) is 0 Å². The second-order valence-corrected chi connectivity index (χ2v) is 8.05. The zero-order valence-electron chi connectivity index (χ0n) is 15.3. The zero-order chi connectivity index (χ0) is 18.6. The minimum absolute atomic E-state index is 0.131. The van der Waals surface area contributed by atoms with E-state index in [1.54, 1.807) is 30.9 Å². The van der Waals surface area contributed by atoms with Crippen molar-refractivity contribution in [3.63, 3.8) is 0 Å². The van der Waals surface area contributed by atoms with E-state index in [1.165, 1.54) is 6.07 Å². The van der Waals surface area contributed by atoms with E-state index in [-0.39, 0.29) is 10.8 Å². The lowest BCUT2D eigenvalue weighted by atomic mass is 10.2. The van der Waals surface area contributed by atoms with E-state index in [9.17, 15) is 13.2 Å². The topological polar surface area (TPSA) is 78.9 Å². The van der Waals surface area contributed by atoms with E-state index in [1.807, 2.05) is 14.0 Å². The van der Waals surface area contributed by atoms with Crippen molar-refractivity contribution in [2.45, 2.75) is 31.7 Å². The van der Waals surface area contributed by atoms with Crippen LogP contribution in [-0.4, -0.2) is 70.0 Å². The van der Waals surface area contributed by atoms with Crippen LogP contribution in [0.15, 0.2) is 23.1 Å². The van der Waals surface area contributed by atoms with Crippen LogP contribution in [0.2, 0.25) is 0 Å². The molecule has 1 atom stereocenters. The molecule has 0 radical (unpaired) electrons. The van der Waals surface area contributed by atoms with Crippen LogP contribution in [-0.2, 0) is 14.8 Å². The summed E-state index contributed by atoms with van der Waals surface area (Å²) in [6.07, 6.45) is 0. The maximum absolute atomic E-state index is 12.6. The maximum Gasteiger partial charge on any atom is 0.241 e. The van der Waals surface area contributed by atoms with Gasteiger partial charge in [-0.05, 0) is 51.6 Å². The molecule has 25 heavy (non-hydrogen) atoms. The number of carbonyl (C=O) groups is 1. The molecule has 1 aromatic rings. The highest BCUT2D eigenvalue weighted by atomic mass is 32.2. The highest BCUT2D eigenvalue weighted by Gasteiger charge is 2.27. The summed E-state index contributed by atoms with van der Waals surface area (Å²) in [4.78, 5) is 16.5. The monoisotopic (exact) mass is 369 g/mol. The van der Waals surface area contributed by atoms with Gasteiger partial charge in [0, 0.05) is 26.2 Å². The fourth-order valence-corrected chi connectivity index (χ4v) is 4.04. The Labute approximate surface area is 150 Å². The van der Waals surface area contributed by atoms with Crippen LogP contribution in [0, 0.1) is 6.92 Å². The molecule has 0 unspecified atom stereocenters. The Kier molecular flexibility index (Phi) is 6.42. The standard InChI is InChI=1S/C17H27N3O4S/c1-5-24-16-7-6-15(12-13(16)2)25(22,23)18-14(3)17(21)20-10-8-19(4)9-11-20/h6-7,12,14,18H,5,8-11H2,1-4H3/t14-/m1/s1. The number of nitrogens with one attached hydrogen (secondary N) is 1. The van der Waals surface area contributed by atoms with Crippen molar-refractivity contribution < 1.29 is 17.9 Å². The highest BCUT2D eigenvalue weighted by molar-refractivity contribution is 7.89. The number of likely N-dealkylation sites (N-methyl/N-ethyl adjacent to an activating group) is 1. The van der Waals surface area contributed by atoms with E-state index in [0.29, 0.717) is 25.4 Å². The lowest BCUT2D eigenvalue weighted by molar-refractivity contribution is -0.134. The van der Waals surface area contributed by atoms with E-state index >= 15 is 0 Å². The van der Waals surface area contributed by atoms with E-state index < -0.39 is 16.1 Å². The summed E-state index contributed by atoms with van der Waals surface area (Å²) < 4.78 is 33.1. The molecule has 1 aliphatic heterocycles. The molecule has 2 rings (SSSR count). The van der Waals surface area contributed by atoms with Crippen molar-refractivity contribution in [1.29, 1.82) is 0 Å². The number of amides is 1. The number of ether oxygens (including phenoxy) is 1. The molecule has 0 bridgehead atoms. The van der Waals surface area contributed by atoms with Gasteiger partial charge in [-0.1, -0.05) is 0 Å². The van der Waals surface area contributed by atoms with Gasteiger partial charge in [0.25, 0.3) is 0 Å². The number of carbonyl (C=O) groups excluding carboxylic acids is 1. The predicted octanol–water partition coefficient (Wildman–Crippen LogP) is 0.835. The molecule has 0 saturated carbocycles. The summed E-state index contributed by atoms with van der Waals surface area (Å²) in [6, 6.07) is 3.88. The largest absolute Gasteiger partial charge is 0.494 e. The molecule has 1 heterocycles. The smallest absolute Gasteiger partial charge is 0.241 e.